The second-order valence-electron chi connectivity index (χ2n) is 10.8. The molecule has 7 heteroatoms. The smallest absolute Gasteiger partial charge is 0.227 e. The molecule has 33 heavy (non-hydrogen) atoms. The maximum absolute atomic E-state index is 13.0. The molecule has 2 N–H and O–H groups in total. The SMILES string of the molecule is O=S1c2c(NC3(CO)CCC3)nc(N3CCC(c4ccc5c(c4)CCC5)CC3)nc2C2CC21. The lowest BCUT2D eigenvalue weighted by Crippen LogP contribution is -2.49. The van der Waals surface area contributed by atoms with Gasteiger partial charge in [0, 0.05) is 24.3 Å². The van der Waals surface area contributed by atoms with Gasteiger partial charge >= 0.3 is 0 Å². The lowest BCUT2D eigenvalue weighted by Gasteiger charge is -2.42. The van der Waals surface area contributed by atoms with Crippen LogP contribution in [0.2, 0.25) is 0 Å². The van der Waals surface area contributed by atoms with Gasteiger partial charge in [-0.2, -0.15) is 4.98 Å². The second-order valence-corrected chi connectivity index (χ2v) is 12.4. The lowest BCUT2D eigenvalue weighted by atomic mass is 9.77. The van der Waals surface area contributed by atoms with E-state index < -0.39 is 10.8 Å². The van der Waals surface area contributed by atoms with Crippen molar-refractivity contribution in [1.82, 2.24) is 9.97 Å². The molecule has 2 aromatic rings. The standard InChI is InChI=1S/C26H32N4O2S/c31-15-26(9-2-10-26)29-24-23-22(20-14-21(20)33(23)32)27-25(28-24)30-11-7-17(8-12-30)19-6-5-16-3-1-4-18(16)13-19/h5-6,13,17,20-21,31H,1-4,7-12,14-15H2,(H,27,28,29). The Morgan fingerprint density at radius 3 is 2.70 bits per heavy atom. The van der Waals surface area contributed by atoms with Gasteiger partial charge in [-0.05, 0) is 80.4 Å². The fourth-order valence-electron chi connectivity index (χ4n) is 6.41. The van der Waals surface area contributed by atoms with Crippen LogP contribution in [0.1, 0.15) is 79.2 Å². The Labute approximate surface area is 197 Å². The monoisotopic (exact) mass is 464 g/mol. The molecule has 174 valence electrons. The Morgan fingerprint density at radius 2 is 1.94 bits per heavy atom. The molecule has 3 aliphatic carbocycles. The third-order valence-corrected chi connectivity index (χ3v) is 10.7. The van der Waals surface area contributed by atoms with Crippen LogP contribution in [-0.2, 0) is 23.6 Å². The summed E-state index contributed by atoms with van der Waals surface area (Å²) in [5.41, 5.74) is 5.30. The number of hydrogen-bond donors (Lipinski definition) is 2. The number of hydrogen-bond acceptors (Lipinski definition) is 6. The van der Waals surface area contributed by atoms with E-state index in [-0.39, 0.29) is 17.4 Å². The maximum Gasteiger partial charge on any atom is 0.227 e. The molecule has 0 amide bonds. The minimum atomic E-state index is -1.03. The number of aryl methyl sites for hydroxylation is 2. The molecule has 3 atom stereocenters. The van der Waals surface area contributed by atoms with Gasteiger partial charge in [0.1, 0.15) is 10.7 Å². The summed E-state index contributed by atoms with van der Waals surface area (Å²) in [4.78, 5) is 13.0. The van der Waals surface area contributed by atoms with Crippen LogP contribution >= 0.6 is 0 Å². The van der Waals surface area contributed by atoms with Crippen LogP contribution in [-0.4, -0.2) is 49.8 Å². The quantitative estimate of drug-likeness (QED) is 0.703. The van der Waals surface area contributed by atoms with Gasteiger partial charge in [-0.1, -0.05) is 18.2 Å². The zero-order chi connectivity index (χ0) is 22.2. The van der Waals surface area contributed by atoms with E-state index in [2.05, 4.69) is 28.4 Å². The van der Waals surface area contributed by atoms with Crippen LogP contribution in [0, 0.1) is 0 Å². The number of anilines is 2. The van der Waals surface area contributed by atoms with E-state index in [1.54, 1.807) is 11.1 Å². The molecule has 1 saturated heterocycles. The Kier molecular flexibility index (Phi) is 4.64. The first-order valence-corrected chi connectivity index (χ1v) is 13.9. The number of piperidine rings is 1. The molecule has 0 radical (unpaired) electrons. The molecule has 3 fully saturated rings. The van der Waals surface area contributed by atoms with E-state index in [1.807, 2.05) is 0 Å². The van der Waals surface area contributed by atoms with Gasteiger partial charge in [0.05, 0.1) is 28.6 Å². The fourth-order valence-corrected chi connectivity index (χ4v) is 8.22. The average Bonchev–Trinajstić information content (AvgIpc) is 3.40. The number of aliphatic hydroxyl groups excluding tert-OH is 1. The Bertz CT molecular complexity index is 1130. The number of nitrogens with zero attached hydrogens (tertiary/aromatic N) is 3. The highest BCUT2D eigenvalue weighted by Gasteiger charge is 2.54. The van der Waals surface area contributed by atoms with E-state index in [4.69, 9.17) is 9.97 Å². The molecule has 1 aromatic heterocycles. The first-order chi connectivity index (χ1) is 16.1. The van der Waals surface area contributed by atoms with Gasteiger partial charge < -0.3 is 15.3 Å². The van der Waals surface area contributed by atoms with Gasteiger partial charge in [0.25, 0.3) is 0 Å². The number of rotatable bonds is 5. The molecule has 3 unspecified atom stereocenters. The van der Waals surface area contributed by atoms with Gasteiger partial charge in [-0.25, -0.2) is 4.98 Å². The molecular formula is C26H32N4O2S. The van der Waals surface area contributed by atoms with Gasteiger partial charge in [0.2, 0.25) is 5.95 Å². The highest BCUT2D eigenvalue weighted by molar-refractivity contribution is 7.86. The highest BCUT2D eigenvalue weighted by atomic mass is 32.2. The van der Waals surface area contributed by atoms with E-state index in [0.29, 0.717) is 11.8 Å². The van der Waals surface area contributed by atoms with Gasteiger partial charge in [-0.15, -0.1) is 0 Å². The number of fused-ring (bicyclic) bond motifs is 4. The molecule has 1 aromatic carbocycles. The van der Waals surface area contributed by atoms with Crippen molar-refractivity contribution >= 4 is 22.6 Å². The lowest BCUT2D eigenvalue weighted by molar-refractivity contribution is 0.143. The van der Waals surface area contributed by atoms with Crippen molar-refractivity contribution in [3.63, 3.8) is 0 Å². The maximum atomic E-state index is 13.0. The van der Waals surface area contributed by atoms with Crippen molar-refractivity contribution in [2.24, 2.45) is 0 Å². The minimum Gasteiger partial charge on any atom is -0.394 e. The molecular weight excluding hydrogens is 432 g/mol. The summed E-state index contributed by atoms with van der Waals surface area (Å²) in [5.74, 6) is 2.43. The molecule has 0 bridgehead atoms. The molecule has 2 aliphatic heterocycles. The first kappa shape index (κ1) is 20.4. The summed E-state index contributed by atoms with van der Waals surface area (Å²) in [6.07, 6.45) is 9.96. The Balaban J connectivity index is 1.14. The van der Waals surface area contributed by atoms with Crippen molar-refractivity contribution in [1.29, 1.82) is 0 Å². The highest BCUT2D eigenvalue weighted by Crippen LogP contribution is 2.56. The molecule has 7 rings (SSSR count). The Morgan fingerprint density at radius 1 is 1.12 bits per heavy atom. The molecule has 0 spiro atoms. The first-order valence-electron chi connectivity index (χ1n) is 12.7. The third kappa shape index (κ3) is 3.26. The fraction of sp³-hybridized carbons (Fsp3) is 0.615. The predicted molar refractivity (Wildman–Crippen MR) is 130 cm³/mol. The summed E-state index contributed by atoms with van der Waals surface area (Å²) < 4.78 is 13.0. The molecule has 3 heterocycles. The summed E-state index contributed by atoms with van der Waals surface area (Å²) in [6, 6.07) is 7.18. The summed E-state index contributed by atoms with van der Waals surface area (Å²) in [7, 11) is -1.03. The van der Waals surface area contributed by atoms with E-state index in [0.717, 1.165) is 74.0 Å². The van der Waals surface area contributed by atoms with Crippen molar-refractivity contribution in [3.05, 3.63) is 40.6 Å². The average molecular weight is 465 g/mol. The van der Waals surface area contributed by atoms with Gasteiger partial charge in [0.15, 0.2) is 0 Å². The summed E-state index contributed by atoms with van der Waals surface area (Å²) in [6.45, 7) is 1.98. The zero-order valence-corrected chi connectivity index (χ0v) is 19.9. The third-order valence-electron chi connectivity index (χ3n) is 8.81. The van der Waals surface area contributed by atoms with E-state index in [9.17, 15) is 9.32 Å². The normalized spacial score (nSPS) is 29.2. The number of benzene rings is 1. The molecule has 5 aliphatic rings. The Hall–Kier alpha value is -1.99. The largest absolute Gasteiger partial charge is 0.394 e. The van der Waals surface area contributed by atoms with Gasteiger partial charge in [-0.3, -0.25) is 4.21 Å². The second kappa shape index (κ2) is 7.51. The summed E-state index contributed by atoms with van der Waals surface area (Å²) >= 11 is 0. The number of aromatic nitrogens is 2. The molecule has 2 saturated carbocycles. The topological polar surface area (TPSA) is 78.3 Å². The molecule has 6 nitrogen and oxygen atoms in total. The zero-order valence-electron chi connectivity index (χ0n) is 19.1. The van der Waals surface area contributed by atoms with E-state index in [1.165, 1.54) is 24.8 Å². The predicted octanol–water partition coefficient (Wildman–Crippen LogP) is 3.65. The van der Waals surface area contributed by atoms with Crippen LogP contribution < -0.4 is 10.2 Å². The summed E-state index contributed by atoms with van der Waals surface area (Å²) in [5, 5.41) is 13.7. The van der Waals surface area contributed by atoms with Crippen LogP contribution in [0.25, 0.3) is 0 Å². The van der Waals surface area contributed by atoms with Crippen molar-refractivity contribution in [2.75, 3.05) is 29.9 Å². The van der Waals surface area contributed by atoms with Crippen LogP contribution in [0.3, 0.4) is 0 Å². The van der Waals surface area contributed by atoms with Crippen LogP contribution in [0.4, 0.5) is 11.8 Å². The van der Waals surface area contributed by atoms with Crippen molar-refractivity contribution in [3.8, 4) is 0 Å². The number of nitrogens with one attached hydrogen (secondary N) is 1. The van der Waals surface area contributed by atoms with Crippen LogP contribution in [0.5, 0.6) is 0 Å². The minimum absolute atomic E-state index is 0.0901. The van der Waals surface area contributed by atoms with Crippen molar-refractivity contribution < 1.29 is 9.32 Å². The van der Waals surface area contributed by atoms with E-state index >= 15 is 0 Å². The van der Waals surface area contributed by atoms with Crippen molar-refractivity contribution in [2.45, 2.75) is 85.3 Å². The number of aliphatic hydroxyl groups is 1. The van der Waals surface area contributed by atoms with Crippen LogP contribution in [0.15, 0.2) is 23.1 Å².